The summed E-state index contributed by atoms with van der Waals surface area (Å²) >= 11 is 6.08. The molecule has 0 saturated carbocycles. The molecule has 1 aromatic rings. The Hall–Kier alpha value is -0.730. The lowest BCUT2D eigenvalue weighted by atomic mass is 10.0. The number of aryl methyl sites for hydroxylation is 1. The number of aromatic hydroxyl groups is 1. The van der Waals surface area contributed by atoms with E-state index in [0.717, 1.165) is 30.5 Å². The van der Waals surface area contributed by atoms with Crippen molar-refractivity contribution in [3.05, 3.63) is 28.3 Å². The summed E-state index contributed by atoms with van der Waals surface area (Å²) < 4.78 is 0. The van der Waals surface area contributed by atoms with Crippen LogP contribution in [0, 0.1) is 6.92 Å². The minimum absolute atomic E-state index is 0.224. The van der Waals surface area contributed by atoms with Crippen molar-refractivity contribution >= 4 is 11.6 Å². The molecule has 0 aliphatic carbocycles. The molecule has 0 spiro atoms. The second-order valence-electron chi connectivity index (χ2n) is 3.78. The summed E-state index contributed by atoms with van der Waals surface area (Å²) in [6.45, 7) is 2.90. The predicted octanol–water partition coefficient (Wildman–Crippen LogP) is 2.78. The summed E-state index contributed by atoms with van der Waals surface area (Å²) in [5, 5.41) is 13.9. The zero-order valence-electron chi connectivity index (χ0n) is 8.18. The van der Waals surface area contributed by atoms with Gasteiger partial charge in [0.25, 0.3) is 0 Å². The van der Waals surface area contributed by atoms with E-state index in [1.807, 2.05) is 19.1 Å². The summed E-state index contributed by atoms with van der Waals surface area (Å²) in [4.78, 5) is 0. The Balaban J connectivity index is 2.44. The van der Waals surface area contributed by atoms with E-state index in [9.17, 15) is 5.11 Å². The number of rotatable bonds is 1. The van der Waals surface area contributed by atoms with Gasteiger partial charge in [-0.1, -0.05) is 17.7 Å². The van der Waals surface area contributed by atoms with Crippen LogP contribution in [0.15, 0.2) is 12.1 Å². The van der Waals surface area contributed by atoms with Gasteiger partial charge in [-0.25, -0.2) is 0 Å². The first-order valence-electron chi connectivity index (χ1n) is 4.91. The number of nitrogens with one attached hydrogen (secondary N) is 1. The van der Waals surface area contributed by atoms with Crippen molar-refractivity contribution < 1.29 is 5.11 Å². The summed E-state index contributed by atoms with van der Waals surface area (Å²) in [7, 11) is 0. The van der Waals surface area contributed by atoms with Gasteiger partial charge in [-0.2, -0.15) is 0 Å². The fraction of sp³-hybridized carbons (Fsp3) is 0.455. The first-order valence-corrected chi connectivity index (χ1v) is 5.29. The molecule has 0 amide bonds. The van der Waals surface area contributed by atoms with Crippen molar-refractivity contribution in [2.24, 2.45) is 0 Å². The standard InChI is InChI=1S/C11H14ClNO/c1-7-4-5-8(12)10(11(7)14)9-3-2-6-13-9/h4-5,9,13-14H,2-3,6H2,1H3/t9-/m0/s1. The number of hydrogen-bond acceptors (Lipinski definition) is 2. The van der Waals surface area contributed by atoms with Crippen LogP contribution in [0.3, 0.4) is 0 Å². The lowest BCUT2D eigenvalue weighted by Gasteiger charge is -2.15. The fourth-order valence-corrected chi connectivity index (χ4v) is 2.24. The van der Waals surface area contributed by atoms with Crippen molar-refractivity contribution in [2.45, 2.75) is 25.8 Å². The third-order valence-corrected chi connectivity index (χ3v) is 3.10. The van der Waals surface area contributed by atoms with Gasteiger partial charge in [-0.3, -0.25) is 0 Å². The van der Waals surface area contributed by atoms with E-state index in [1.165, 1.54) is 0 Å². The molecule has 0 radical (unpaired) electrons. The lowest BCUT2D eigenvalue weighted by molar-refractivity contribution is 0.453. The van der Waals surface area contributed by atoms with E-state index in [4.69, 9.17) is 11.6 Å². The lowest BCUT2D eigenvalue weighted by Crippen LogP contribution is -2.13. The Morgan fingerprint density at radius 3 is 2.93 bits per heavy atom. The van der Waals surface area contributed by atoms with Gasteiger partial charge in [-0.15, -0.1) is 0 Å². The van der Waals surface area contributed by atoms with Crippen LogP contribution in [0.1, 0.15) is 30.0 Å². The molecule has 0 unspecified atom stereocenters. The third-order valence-electron chi connectivity index (χ3n) is 2.77. The van der Waals surface area contributed by atoms with Crippen molar-refractivity contribution in [1.29, 1.82) is 0 Å². The molecule has 76 valence electrons. The largest absolute Gasteiger partial charge is 0.507 e. The molecule has 2 rings (SSSR count). The maximum atomic E-state index is 9.91. The Bertz CT molecular complexity index is 345. The summed E-state index contributed by atoms with van der Waals surface area (Å²) in [6, 6.07) is 3.92. The smallest absolute Gasteiger partial charge is 0.124 e. The molecule has 1 aromatic carbocycles. The van der Waals surface area contributed by atoms with E-state index in [2.05, 4.69) is 5.32 Å². The molecule has 1 aliphatic heterocycles. The van der Waals surface area contributed by atoms with Gasteiger partial charge in [-0.05, 0) is 37.9 Å². The molecule has 0 aromatic heterocycles. The minimum Gasteiger partial charge on any atom is -0.507 e. The second-order valence-corrected chi connectivity index (χ2v) is 4.18. The van der Waals surface area contributed by atoms with Gasteiger partial charge in [0, 0.05) is 16.6 Å². The van der Waals surface area contributed by atoms with Gasteiger partial charge < -0.3 is 10.4 Å². The van der Waals surface area contributed by atoms with Crippen LogP contribution in [-0.4, -0.2) is 11.7 Å². The Kier molecular flexibility index (Phi) is 2.66. The molecule has 1 fully saturated rings. The quantitative estimate of drug-likeness (QED) is 0.749. The van der Waals surface area contributed by atoms with Crippen LogP contribution in [0.4, 0.5) is 0 Å². The highest BCUT2D eigenvalue weighted by Crippen LogP contribution is 2.37. The SMILES string of the molecule is Cc1ccc(Cl)c([C@@H]2CCCN2)c1O. The van der Waals surface area contributed by atoms with Crippen molar-refractivity contribution in [3.8, 4) is 5.75 Å². The van der Waals surface area contributed by atoms with Crippen molar-refractivity contribution in [3.63, 3.8) is 0 Å². The Morgan fingerprint density at radius 1 is 1.50 bits per heavy atom. The normalized spacial score (nSPS) is 21.4. The van der Waals surface area contributed by atoms with Gasteiger partial charge in [0.2, 0.25) is 0 Å². The van der Waals surface area contributed by atoms with Crippen LogP contribution in [0.25, 0.3) is 0 Å². The second kappa shape index (κ2) is 3.79. The molecule has 2 N–H and O–H groups in total. The molecule has 1 heterocycles. The molecule has 1 atom stereocenters. The molecule has 1 aliphatic rings. The topological polar surface area (TPSA) is 32.3 Å². The van der Waals surface area contributed by atoms with E-state index < -0.39 is 0 Å². The van der Waals surface area contributed by atoms with Crippen molar-refractivity contribution in [2.75, 3.05) is 6.54 Å². The molecule has 14 heavy (non-hydrogen) atoms. The number of phenolic OH excluding ortho intramolecular Hbond substituents is 1. The van der Waals surface area contributed by atoms with Crippen LogP contribution >= 0.6 is 11.6 Å². The van der Waals surface area contributed by atoms with Crippen LogP contribution in [0.5, 0.6) is 5.75 Å². The average molecular weight is 212 g/mol. The minimum atomic E-state index is 0.224. The molecule has 3 heteroatoms. The van der Waals surface area contributed by atoms with Crippen molar-refractivity contribution in [1.82, 2.24) is 5.32 Å². The summed E-state index contributed by atoms with van der Waals surface area (Å²) in [6.07, 6.45) is 2.20. The maximum absolute atomic E-state index is 9.91. The first kappa shape index (κ1) is 9.81. The summed E-state index contributed by atoms with van der Waals surface area (Å²) in [5.41, 5.74) is 1.75. The fourth-order valence-electron chi connectivity index (χ4n) is 1.95. The first-order chi connectivity index (χ1) is 6.70. The highest BCUT2D eigenvalue weighted by molar-refractivity contribution is 6.31. The third kappa shape index (κ3) is 1.60. The zero-order valence-corrected chi connectivity index (χ0v) is 8.93. The Morgan fingerprint density at radius 2 is 2.29 bits per heavy atom. The molecule has 1 saturated heterocycles. The molecule has 0 bridgehead atoms. The van der Waals surface area contributed by atoms with E-state index in [1.54, 1.807) is 0 Å². The number of phenols is 1. The average Bonchev–Trinajstić information content (AvgIpc) is 2.65. The van der Waals surface area contributed by atoms with Gasteiger partial charge in [0.15, 0.2) is 0 Å². The van der Waals surface area contributed by atoms with E-state index in [-0.39, 0.29) is 6.04 Å². The van der Waals surface area contributed by atoms with Gasteiger partial charge in [0.05, 0.1) is 0 Å². The zero-order chi connectivity index (χ0) is 10.1. The number of hydrogen-bond donors (Lipinski definition) is 2. The van der Waals surface area contributed by atoms with E-state index >= 15 is 0 Å². The van der Waals surface area contributed by atoms with Gasteiger partial charge in [0.1, 0.15) is 5.75 Å². The highest BCUT2D eigenvalue weighted by atomic mass is 35.5. The summed E-state index contributed by atoms with van der Waals surface area (Å²) in [5.74, 6) is 0.344. The molecular formula is C11H14ClNO. The number of halogens is 1. The highest BCUT2D eigenvalue weighted by Gasteiger charge is 2.22. The predicted molar refractivity (Wildman–Crippen MR) is 57.8 cm³/mol. The number of benzene rings is 1. The van der Waals surface area contributed by atoms with Crippen LogP contribution in [0.2, 0.25) is 5.02 Å². The van der Waals surface area contributed by atoms with Gasteiger partial charge >= 0.3 is 0 Å². The molecule has 2 nitrogen and oxygen atoms in total. The monoisotopic (exact) mass is 211 g/mol. The van der Waals surface area contributed by atoms with E-state index in [0.29, 0.717) is 10.8 Å². The maximum Gasteiger partial charge on any atom is 0.124 e. The molecular weight excluding hydrogens is 198 g/mol. The van der Waals surface area contributed by atoms with Crippen LogP contribution < -0.4 is 5.32 Å². The Labute approximate surface area is 88.9 Å². The van der Waals surface area contributed by atoms with Crippen LogP contribution in [-0.2, 0) is 0 Å².